The van der Waals surface area contributed by atoms with Crippen LogP contribution in [0.15, 0.2) is 42.4 Å². The first-order valence-electron chi connectivity index (χ1n) is 14.9. The molecule has 0 spiro atoms. The number of aromatic nitrogens is 4. The third-order valence-corrected chi connectivity index (χ3v) is 8.10. The van der Waals surface area contributed by atoms with Gasteiger partial charge in [-0.05, 0) is 51.4 Å². The number of nitrogens with zero attached hydrogens (tertiary/aromatic N) is 5. The van der Waals surface area contributed by atoms with Gasteiger partial charge in [-0.15, -0.1) is 5.10 Å². The molecule has 3 aliphatic heterocycles. The van der Waals surface area contributed by atoms with Crippen LogP contribution in [0.5, 0.6) is 0 Å². The van der Waals surface area contributed by atoms with Crippen LogP contribution in [0, 0.1) is 19.3 Å². The second kappa shape index (κ2) is 11.9. The fourth-order valence-corrected chi connectivity index (χ4v) is 5.85. The Morgan fingerprint density at radius 3 is 2.75 bits per heavy atom. The molecule has 0 saturated carbocycles. The molecular weight excluding hydrogens is 571 g/mol. The number of hydrogen-bond acceptors (Lipinski definition) is 6. The predicted octanol–water partition coefficient (Wildman–Crippen LogP) is 3.24. The number of amides is 2. The number of nitrogens with one attached hydrogen (secondary N) is 2. The molecule has 14 heteroatoms. The van der Waals surface area contributed by atoms with E-state index in [0.717, 1.165) is 10.0 Å². The maximum atomic E-state index is 15.6. The lowest BCUT2D eigenvalue weighted by Crippen LogP contribution is -2.55. The van der Waals surface area contributed by atoms with E-state index in [1.165, 1.54) is 16.8 Å². The van der Waals surface area contributed by atoms with E-state index in [9.17, 15) is 9.59 Å². The predicted molar refractivity (Wildman–Crippen MR) is 162 cm³/mol. The van der Waals surface area contributed by atoms with Crippen molar-refractivity contribution in [2.24, 2.45) is 5.41 Å². The fourth-order valence-electron chi connectivity index (χ4n) is 5.85. The molecule has 2 N–H and O–H groups in total. The number of allylic oxidation sites excluding steroid dienone is 2. The lowest BCUT2D eigenvalue weighted by Gasteiger charge is -2.44. The summed E-state index contributed by atoms with van der Waals surface area (Å²) in [4.78, 5) is 24.9. The monoisotopic (exact) mass is 611 g/mol. The van der Waals surface area contributed by atoms with Gasteiger partial charge in [0.25, 0.3) is 5.91 Å². The molecule has 3 aliphatic rings. The fraction of sp³-hybridized carbons (Fsp3) is 0.500. The van der Waals surface area contributed by atoms with Crippen LogP contribution in [-0.4, -0.2) is 73.5 Å². The van der Waals surface area contributed by atoms with Crippen molar-refractivity contribution in [3.63, 3.8) is 0 Å². The number of ether oxygens (including phenoxy) is 2. The average Bonchev–Trinajstić information content (AvgIpc) is 3.64. The van der Waals surface area contributed by atoms with Crippen molar-refractivity contribution in [3.8, 4) is 0 Å². The first kappa shape index (κ1) is 31.5. The third-order valence-electron chi connectivity index (χ3n) is 8.10. The van der Waals surface area contributed by atoms with Gasteiger partial charge in [0.1, 0.15) is 11.8 Å². The molecule has 0 bridgehead atoms. The van der Waals surface area contributed by atoms with E-state index in [1.807, 2.05) is 26.8 Å². The molecule has 1 atom stereocenters. The number of hydrogen-bond donors (Lipinski definition) is 2. The Bertz CT molecular complexity index is 1590. The first-order chi connectivity index (χ1) is 20.7. The standard InChI is InChI=1S/C30H40BF2N7O4/c1-20-16-21(2)39-25(20)17-24-10-9-23(40(24)31(39,32)33)8-7-15-38-18-22(36-37-38)11-13-34-26(41)12-14-35-28(42)27-29(3,4)19-43-30(5,6)44-27/h9-10,12,14,16-18,27H,7-8,11,13,15,19H2,1-6H3,(H,34,41)(H,35,42)/b14-12+/t27-/m1/s1. The number of rotatable bonds is 10. The van der Waals surface area contributed by atoms with Gasteiger partial charge in [-0.2, -0.15) is 0 Å². The lowest BCUT2D eigenvalue weighted by molar-refractivity contribution is -0.362. The van der Waals surface area contributed by atoms with Gasteiger partial charge in [-0.1, -0.05) is 19.1 Å². The average molecular weight is 612 g/mol. The van der Waals surface area contributed by atoms with Gasteiger partial charge in [0, 0.05) is 73.7 Å². The topological polar surface area (TPSA) is 115 Å². The summed E-state index contributed by atoms with van der Waals surface area (Å²) in [6.07, 6.45) is 10.5. The smallest absolute Gasteiger partial charge is 0.394 e. The van der Waals surface area contributed by atoms with Gasteiger partial charge < -0.3 is 37.7 Å². The minimum Gasteiger partial charge on any atom is -0.394 e. The van der Waals surface area contributed by atoms with E-state index in [1.54, 1.807) is 49.9 Å². The van der Waals surface area contributed by atoms with Crippen LogP contribution in [-0.2, 0) is 32.0 Å². The van der Waals surface area contributed by atoms with E-state index in [2.05, 4.69) is 20.9 Å². The zero-order valence-electron chi connectivity index (χ0n) is 26.1. The number of carbonyl (C=O) groups excluding carboxylic acids is 2. The lowest BCUT2D eigenvalue weighted by atomic mass is 9.85. The Labute approximate surface area is 255 Å². The highest BCUT2D eigenvalue weighted by molar-refractivity contribution is 6.58. The van der Waals surface area contributed by atoms with E-state index in [-0.39, 0.29) is 11.8 Å². The summed E-state index contributed by atoms with van der Waals surface area (Å²) in [5.41, 5.74) is 3.23. The summed E-state index contributed by atoms with van der Waals surface area (Å²) in [6, 6.07) is 1.80. The van der Waals surface area contributed by atoms with Crippen molar-refractivity contribution in [1.29, 1.82) is 0 Å². The molecule has 1 saturated heterocycles. The molecule has 2 aromatic heterocycles. The molecule has 0 unspecified atom stereocenters. The van der Waals surface area contributed by atoms with Crippen LogP contribution in [0.3, 0.4) is 0 Å². The summed E-state index contributed by atoms with van der Waals surface area (Å²) < 4.78 is 46.6. The Morgan fingerprint density at radius 2 is 1.98 bits per heavy atom. The summed E-state index contributed by atoms with van der Waals surface area (Å²) in [5.74, 6) is -1.59. The second-order valence-electron chi connectivity index (χ2n) is 12.7. The van der Waals surface area contributed by atoms with Gasteiger partial charge in [0.05, 0.1) is 12.3 Å². The molecule has 1 fully saturated rings. The third kappa shape index (κ3) is 6.46. The number of aryl methyl sites for hydroxylation is 3. The highest BCUT2D eigenvalue weighted by Crippen LogP contribution is 2.36. The minimum atomic E-state index is -3.97. The Hall–Kier alpha value is -3.91. The van der Waals surface area contributed by atoms with Gasteiger partial charge in [0.2, 0.25) is 5.91 Å². The van der Waals surface area contributed by atoms with Crippen molar-refractivity contribution in [1.82, 2.24) is 30.1 Å². The molecule has 44 heavy (non-hydrogen) atoms. The molecule has 5 rings (SSSR count). The van der Waals surface area contributed by atoms with E-state index >= 15 is 8.63 Å². The molecule has 2 amide bonds. The minimum absolute atomic E-state index is 0.324. The van der Waals surface area contributed by atoms with Crippen molar-refractivity contribution in [2.75, 3.05) is 13.2 Å². The molecular formula is C30H40BF2N7O4. The molecule has 0 aliphatic carbocycles. The molecule has 2 aromatic rings. The Kier molecular flexibility index (Phi) is 8.51. The van der Waals surface area contributed by atoms with Gasteiger partial charge in [-0.3, -0.25) is 14.3 Å². The first-order valence-corrected chi connectivity index (χ1v) is 14.9. The van der Waals surface area contributed by atoms with Crippen LogP contribution < -0.4 is 10.6 Å². The van der Waals surface area contributed by atoms with Crippen LogP contribution in [0.25, 0.3) is 6.08 Å². The van der Waals surface area contributed by atoms with Crippen LogP contribution in [0.4, 0.5) is 8.63 Å². The van der Waals surface area contributed by atoms with Crippen molar-refractivity contribution in [3.05, 3.63) is 65.0 Å². The van der Waals surface area contributed by atoms with Gasteiger partial charge in [-0.25, -0.2) is 0 Å². The summed E-state index contributed by atoms with van der Waals surface area (Å²) in [5, 5.41) is 13.7. The van der Waals surface area contributed by atoms with Crippen molar-refractivity contribution < 1.29 is 32.2 Å². The Balaban J connectivity index is 1.06. The molecule has 236 valence electrons. The van der Waals surface area contributed by atoms with Crippen LogP contribution >= 0.6 is 0 Å². The van der Waals surface area contributed by atoms with Crippen LogP contribution in [0.1, 0.15) is 63.2 Å². The largest absolute Gasteiger partial charge is 0.737 e. The second-order valence-corrected chi connectivity index (χ2v) is 12.7. The summed E-state index contributed by atoms with van der Waals surface area (Å²) in [6.45, 7) is 8.08. The number of halogens is 2. The zero-order chi connectivity index (χ0) is 31.9. The van der Waals surface area contributed by atoms with E-state index < -0.39 is 24.3 Å². The molecule has 0 aromatic carbocycles. The maximum absolute atomic E-state index is 15.6. The van der Waals surface area contributed by atoms with Gasteiger partial charge >= 0.3 is 6.97 Å². The molecule has 11 nitrogen and oxygen atoms in total. The quantitative estimate of drug-likeness (QED) is 0.315. The number of carbonyl (C=O) groups is 2. The maximum Gasteiger partial charge on any atom is 0.737 e. The summed E-state index contributed by atoms with van der Waals surface area (Å²) in [7, 11) is 0. The van der Waals surface area contributed by atoms with Crippen molar-refractivity contribution in [2.45, 2.75) is 79.2 Å². The normalized spacial score (nSPS) is 21.3. The SMILES string of the molecule is Cc1cc(C)n2c1C=C1C=CC(CCCn3cc(CCNC(=O)/C=C/NC(=O)[C@H]4OC(C)(C)OCC4(C)C)nn3)=[N+]1[B-]2(F)F. The Morgan fingerprint density at radius 1 is 1.20 bits per heavy atom. The number of fused-ring (bicyclic) bond motifs is 2. The molecule has 0 radical (unpaired) electrons. The molecule has 5 heterocycles. The van der Waals surface area contributed by atoms with Crippen molar-refractivity contribution >= 4 is 30.6 Å². The summed E-state index contributed by atoms with van der Waals surface area (Å²) >= 11 is 0. The zero-order valence-corrected chi connectivity index (χ0v) is 26.1. The highest BCUT2D eigenvalue weighted by Gasteiger charge is 2.52. The highest BCUT2D eigenvalue weighted by atomic mass is 19.2. The van der Waals surface area contributed by atoms with E-state index in [4.69, 9.17) is 9.47 Å². The van der Waals surface area contributed by atoms with Gasteiger partial charge in [0.15, 0.2) is 11.5 Å². The van der Waals surface area contributed by atoms with E-state index in [0.29, 0.717) is 67.4 Å². The van der Waals surface area contributed by atoms with Crippen LogP contribution in [0.2, 0.25) is 0 Å².